The number of halogens is 1. The fraction of sp³-hybridized carbons (Fsp3) is 0.385. The second kappa shape index (κ2) is 7.52. The molecule has 0 unspecified atom stereocenters. The molecular weight excluding hydrogens is 296 g/mol. The zero-order valence-corrected chi connectivity index (χ0v) is 12.8. The van der Waals surface area contributed by atoms with Crippen LogP contribution in [0.3, 0.4) is 0 Å². The molecular formula is C13H17ClN4OS. The van der Waals surface area contributed by atoms with Gasteiger partial charge in [0.2, 0.25) is 0 Å². The molecule has 0 radical (unpaired) electrons. The van der Waals surface area contributed by atoms with Gasteiger partial charge in [0, 0.05) is 18.8 Å². The highest BCUT2D eigenvalue weighted by Gasteiger charge is 2.08. The zero-order chi connectivity index (χ0) is 14.4. The first kappa shape index (κ1) is 15.2. The third kappa shape index (κ3) is 3.88. The van der Waals surface area contributed by atoms with Crippen LogP contribution in [-0.4, -0.2) is 33.7 Å². The van der Waals surface area contributed by atoms with Crippen LogP contribution in [0.4, 0.5) is 0 Å². The number of nitrogens with two attached hydrogens (primary N) is 1. The van der Waals surface area contributed by atoms with Crippen LogP contribution < -0.4 is 10.5 Å². The molecule has 1 heterocycles. The number of ether oxygens (including phenoxy) is 1. The van der Waals surface area contributed by atoms with E-state index in [1.807, 2.05) is 35.8 Å². The van der Waals surface area contributed by atoms with Crippen molar-refractivity contribution in [1.29, 1.82) is 0 Å². The Balaban J connectivity index is 1.83. The Morgan fingerprint density at radius 3 is 2.90 bits per heavy atom. The maximum atomic E-state index is 6.02. The summed E-state index contributed by atoms with van der Waals surface area (Å²) in [5.74, 6) is 2.35. The lowest BCUT2D eigenvalue weighted by atomic mass is 10.3. The van der Waals surface area contributed by atoms with Crippen LogP contribution in [0.5, 0.6) is 5.75 Å². The van der Waals surface area contributed by atoms with Crippen molar-refractivity contribution in [3.8, 4) is 5.75 Å². The molecule has 0 bridgehead atoms. The molecule has 5 nitrogen and oxygen atoms in total. The molecule has 7 heteroatoms. The molecule has 0 atom stereocenters. The normalized spacial score (nSPS) is 10.8. The summed E-state index contributed by atoms with van der Waals surface area (Å²) >= 11 is 7.62. The van der Waals surface area contributed by atoms with Crippen molar-refractivity contribution < 1.29 is 4.74 Å². The van der Waals surface area contributed by atoms with Crippen molar-refractivity contribution in [1.82, 2.24) is 14.8 Å². The number of aryl methyl sites for hydroxylation is 1. The van der Waals surface area contributed by atoms with E-state index in [4.69, 9.17) is 22.1 Å². The highest BCUT2D eigenvalue weighted by atomic mass is 35.5. The lowest BCUT2D eigenvalue weighted by Gasteiger charge is -2.08. The smallest absolute Gasteiger partial charge is 0.191 e. The molecule has 1 aromatic carbocycles. The number of benzene rings is 1. The summed E-state index contributed by atoms with van der Waals surface area (Å²) in [4.78, 5) is 0. The highest BCUT2D eigenvalue weighted by molar-refractivity contribution is 7.99. The SMILES string of the molecule is Cc1nnc(SCCOc2ccccc2Cl)n1CCN. The Morgan fingerprint density at radius 2 is 2.15 bits per heavy atom. The van der Waals surface area contributed by atoms with Gasteiger partial charge in [-0.3, -0.25) is 0 Å². The van der Waals surface area contributed by atoms with Gasteiger partial charge in [-0.25, -0.2) is 0 Å². The zero-order valence-electron chi connectivity index (χ0n) is 11.3. The molecule has 1 aromatic heterocycles. The van der Waals surface area contributed by atoms with Crippen LogP contribution in [0.15, 0.2) is 29.4 Å². The van der Waals surface area contributed by atoms with Crippen LogP contribution in [0, 0.1) is 6.92 Å². The Kier molecular flexibility index (Phi) is 5.70. The van der Waals surface area contributed by atoms with Gasteiger partial charge in [0.1, 0.15) is 11.6 Å². The molecule has 0 fully saturated rings. The van der Waals surface area contributed by atoms with Crippen LogP contribution in [0.1, 0.15) is 5.82 Å². The number of thioether (sulfide) groups is 1. The van der Waals surface area contributed by atoms with Crippen molar-refractivity contribution in [3.05, 3.63) is 35.1 Å². The number of hydrogen-bond donors (Lipinski definition) is 1. The Labute approximate surface area is 127 Å². The van der Waals surface area contributed by atoms with Gasteiger partial charge < -0.3 is 15.0 Å². The lowest BCUT2D eigenvalue weighted by Crippen LogP contribution is -2.12. The molecule has 0 aliphatic rings. The van der Waals surface area contributed by atoms with E-state index in [1.165, 1.54) is 0 Å². The first-order valence-electron chi connectivity index (χ1n) is 6.32. The average Bonchev–Trinajstić information content (AvgIpc) is 2.79. The minimum absolute atomic E-state index is 0.558. The van der Waals surface area contributed by atoms with E-state index in [0.29, 0.717) is 23.9 Å². The number of nitrogens with zero attached hydrogens (tertiary/aromatic N) is 3. The standard InChI is InChI=1S/C13H17ClN4OS/c1-10-16-17-13(18(10)7-6-15)20-9-8-19-12-5-3-2-4-11(12)14/h2-5H,6-9,15H2,1H3. The summed E-state index contributed by atoms with van der Waals surface area (Å²) in [5.41, 5.74) is 5.58. The molecule has 0 aliphatic carbocycles. The van der Waals surface area contributed by atoms with Crippen LogP contribution in [-0.2, 0) is 6.54 Å². The largest absolute Gasteiger partial charge is 0.491 e. The summed E-state index contributed by atoms with van der Waals surface area (Å²) in [7, 11) is 0. The highest BCUT2D eigenvalue weighted by Crippen LogP contribution is 2.23. The molecule has 2 aromatic rings. The molecule has 2 N–H and O–H groups in total. The molecule has 2 rings (SSSR count). The Morgan fingerprint density at radius 1 is 1.35 bits per heavy atom. The lowest BCUT2D eigenvalue weighted by molar-refractivity contribution is 0.344. The topological polar surface area (TPSA) is 66.0 Å². The quantitative estimate of drug-likeness (QED) is 0.628. The van der Waals surface area contributed by atoms with Gasteiger partial charge in [-0.1, -0.05) is 35.5 Å². The van der Waals surface area contributed by atoms with E-state index in [9.17, 15) is 0 Å². The van der Waals surface area contributed by atoms with E-state index < -0.39 is 0 Å². The summed E-state index contributed by atoms with van der Waals surface area (Å²) < 4.78 is 7.64. The van der Waals surface area contributed by atoms with Gasteiger partial charge >= 0.3 is 0 Å². The van der Waals surface area contributed by atoms with Gasteiger partial charge in [0.05, 0.1) is 11.6 Å². The monoisotopic (exact) mass is 312 g/mol. The maximum Gasteiger partial charge on any atom is 0.191 e. The van der Waals surface area contributed by atoms with E-state index in [2.05, 4.69) is 10.2 Å². The number of para-hydroxylation sites is 1. The molecule has 0 aliphatic heterocycles. The molecule has 0 amide bonds. The van der Waals surface area contributed by atoms with Crippen molar-refractivity contribution in [2.45, 2.75) is 18.6 Å². The maximum absolute atomic E-state index is 6.02. The van der Waals surface area contributed by atoms with Crippen LogP contribution in [0.25, 0.3) is 0 Å². The number of aromatic nitrogens is 3. The number of rotatable bonds is 7. The number of hydrogen-bond acceptors (Lipinski definition) is 5. The second-order valence-electron chi connectivity index (χ2n) is 4.10. The van der Waals surface area contributed by atoms with E-state index in [0.717, 1.165) is 23.3 Å². The summed E-state index contributed by atoms with van der Waals surface area (Å²) in [5, 5.41) is 9.69. The molecule has 20 heavy (non-hydrogen) atoms. The first-order chi connectivity index (χ1) is 9.72. The van der Waals surface area contributed by atoms with E-state index in [1.54, 1.807) is 11.8 Å². The molecule has 108 valence electrons. The van der Waals surface area contributed by atoms with Crippen LogP contribution >= 0.6 is 23.4 Å². The van der Waals surface area contributed by atoms with Gasteiger partial charge in [-0.15, -0.1) is 10.2 Å². The van der Waals surface area contributed by atoms with Crippen molar-refractivity contribution >= 4 is 23.4 Å². The van der Waals surface area contributed by atoms with Crippen molar-refractivity contribution in [2.24, 2.45) is 5.73 Å². The Hall–Kier alpha value is -1.24. The van der Waals surface area contributed by atoms with Gasteiger partial charge in [0.15, 0.2) is 5.16 Å². The molecule has 0 spiro atoms. The van der Waals surface area contributed by atoms with Crippen molar-refractivity contribution in [3.63, 3.8) is 0 Å². The fourth-order valence-corrected chi connectivity index (χ4v) is 2.72. The van der Waals surface area contributed by atoms with Gasteiger partial charge in [-0.2, -0.15) is 0 Å². The van der Waals surface area contributed by atoms with Gasteiger partial charge in [0.25, 0.3) is 0 Å². The molecule has 0 saturated carbocycles. The second-order valence-corrected chi connectivity index (χ2v) is 5.57. The predicted octanol–water partition coefficient (Wildman–Crippen LogP) is 2.37. The third-order valence-electron chi connectivity index (χ3n) is 2.66. The third-order valence-corrected chi connectivity index (χ3v) is 3.91. The minimum atomic E-state index is 0.558. The summed E-state index contributed by atoms with van der Waals surface area (Å²) in [6.07, 6.45) is 0. The van der Waals surface area contributed by atoms with Gasteiger partial charge in [-0.05, 0) is 19.1 Å². The average molecular weight is 313 g/mol. The van der Waals surface area contributed by atoms with E-state index >= 15 is 0 Å². The predicted molar refractivity (Wildman–Crippen MR) is 81.5 cm³/mol. The summed E-state index contributed by atoms with van der Waals surface area (Å²) in [6.45, 7) is 3.78. The molecule has 0 saturated heterocycles. The van der Waals surface area contributed by atoms with E-state index in [-0.39, 0.29) is 0 Å². The Bertz CT molecular complexity index is 561. The van der Waals surface area contributed by atoms with Crippen molar-refractivity contribution in [2.75, 3.05) is 18.9 Å². The first-order valence-corrected chi connectivity index (χ1v) is 7.68. The fourth-order valence-electron chi connectivity index (χ4n) is 1.70. The minimum Gasteiger partial charge on any atom is -0.491 e. The van der Waals surface area contributed by atoms with Crippen LogP contribution in [0.2, 0.25) is 5.02 Å². The summed E-state index contributed by atoms with van der Waals surface area (Å²) in [6, 6.07) is 7.44.